The van der Waals surface area contributed by atoms with Crippen LogP contribution in [0.15, 0.2) is 0 Å². The average Bonchev–Trinajstić information content (AvgIpc) is 1.97. The quantitative estimate of drug-likeness (QED) is 0.392. The summed E-state index contributed by atoms with van der Waals surface area (Å²) in [5, 5.41) is 0.625. The zero-order chi connectivity index (χ0) is 8.59. The summed E-state index contributed by atoms with van der Waals surface area (Å²) in [6, 6.07) is -0.739. The van der Waals surface area contributed by atoms with Crippen LogP contribution in [-0.2, 0) is 9.59 Å². The number of amides is 4. The van der Waals surface area contributed by atoms with Gasteiger partial charge >= 0.3 is 6.03 Å². The number of nitrogens with zero attached hydrogens (tertiary/aromatic N) is 1. The van der Waals surface area contributed by atoms with Crippen molar-refractivity contribution in [3.05, 3.63) is 0 Å². The molecule has 1 aliphatic rings. The van der Waals surface area contributed by atoms with Gasteiger partial charge in [0.15, 0.2) is 5.38 Å². The lowest BCUT2D eigenvalue weighted by atomic mass is 10.3. The summed E-state index contributed by atoms with van der Waals surface area (Å²) in [5.74, 6) is -1.46. The van der Waals surface area contributed by atoms with Crippen molar-refractivity contribution in [1.29, 1.82) is 0 Å². The normalized spacial score (nSPS) is 25.5. The van der Waals surface area contributed by atoms with Crippen LogP contribution in [0.1, 0.15) is 0 Å². The second-order valence-electron chi connectivity index (χ2n) is 2.05. The van der Waals surface area contributed by atoms with Crippen molar-refractivity contribution in [2.45, 2.75) is 5.38 Å². The topological polar surface area (TPSA) is 66.5 Å². The minimum Gasteiger partial charge on any atom is -0.276 e. The van der Waals surface area contributed by atoms with Gasteiger partial charge in [-0.3, -0.25) is 19.8 Å². The first-order valence-electron chi connectivity index (χ1n) is 2.80. The van der Waals surface area contributed by atoms with Crippen molar-refractivity contribution in [2.24, 2.45) is 0 Å². The van der Waals surface area contributed by atoms with Crippen LogP contribution in [0.5, 0.6) is 0 Å². The third-order valence-corrected chi connectivity index (χ3v) is 1.70. The molecule has 1 atom stereocenters. The molecule has 11 heavy (non-hydrogen) atoms. The summed E-state index contributed by atoms with van der Waals surface area (Å²) in [6.07, 6.45) is 0. The van der Waals surface area contributed by atoms with Crippen LogP contribution in [-0.4, -0.2) is 35.2 Å². The number of alkyl halides is 1. The molecule has 0 spiro atoms. The summed E-state index contributed by atoms with van der Waals surface area (Å²) < 4.78 is 0. The Kier molecular flexibility index (Phi) is 1.82. The van der Waals surface area contributed by atoms with Gasteiger partial charge in [-0.2, -0.15) is 0 Å². The van der Waals surface area contributed by atoms with Gasteiger partial charge in [0.1, 0.15) is 0 Å². The standard InChI is InChI=1S/C5H5ClN2O3/c1-8-4(10)2(6)3(9)7-5(8)11/h2H,1H3,(H,7,9,11). The van der Waals surface area contributed by atoms with Crippen molar-refractivity contribution in [3.63, 3.8) is 0 Å². The highest BCUT2D eigenvalue weighted by atomic mass is 35.5. The molecular weight excluding hydrogens is 172 g/mol. The molecule has 1 saturated heterocycles. The van der Waals surface area contributed by atoms with Crippen molar-refractivity contribution >= 4 is 29.4 Å². The first-order chi connectivity index (χ1) is 5.04. The molecule has 1 N–H and O–H groups in total. The van der Waals surface area contributed by atoms with Crippen LogP contribution in [0.25, 0.3) is 0 Å². The zero-order valence-corrected chi connectivity index (χ0v) is 6.38. The van der Waals surface area contributed by atoms with Gasteiger partial charge in [-0.05, 0) is 0 Å². The van der Waals surface area contributed by atoms with Gasteiger partial charge in [0, 0.05) is 7.05 Å². The maximum atomic E-state index is 10.9. The van der Waals surface area contributed by atoms with E-state index < -0.39 is 23.2 Å². The minimum atomic E-state index is -1.28. The summed E-state index contributed by atoms with van der Waals surface area (Å²) in [5.41, 5.74) is 0. The van der Waals surface area contributed by atoms with Gasteiger partial charge in [-0.15, -0.1) is 11.6 Å². The molecule has 0 aromatic heterocycles. The SMILES string of the molecule is CN1C(=O)NC(=O)C(Cl)C1=O. The molecule has 4 amide bonds. The molecule has 0 bridgehead atoms. The Hall–Kier alpha value is -1.10. The van der Waals surface area contributed by atoms with Crippen LogP contribution in [0.2, 0.25) is 0 Å². The lowest BCUT2D eigenvalue weighted by Gasteiger charge is -2.23. The Bertz CT molecular complexity index is 218. The Morgan fingerprint density at radius 1 is 1.45 bits per heavy atom. The lowest BCUT2D eigenvalue weighted by Crippen LogP contribution is -2.57. The van der Waals surface area contributed by atoms with E-state index >= 15 is 0 Å². The van der Waals surface area contributed by atoms with E-state index in [0.29, 0.717) is 0 Å². The highest BCUT2D eigenvalue weighted by Gasteiger charge is 2.36. The molecule has 1 aliphatic heterocycles. The maximum absolute atomic E-state index is 10.9. The number of rotatable bonds is 0. The number of nitrogens with one attached hydrogen (secondary N) is 1. The first kappa shape index (κ1) is 8.00. The second-order valence-corrected chi connectivity index (χ2v) is 2.49. The van der Waals surface area contributed by atoms with Crippen LogP contribution >= 0.6 is 11.6 Å². The van der Waals surface area contributed by atoms with Gasteiger partial charge in [0.25, 0.3) is 11.8 Å². The Morgan fingerprint density at radius 3 is 2.55 bits per heavy atom. The number of imide groups is 2. The smallest absolute Gasteiger partial charge is 0.276 e. The lowest BCUT2D eigenvalue weighted by molar-refractivity contribution is -0.134. The molecule has 0 aromatic carbocycles. The zero-order valence-electron chi connectivity index (χ0n) is 5.63. The summed E-state index contributed by atoms with van der Waals surface area (Å²) in [6.45, 7) is 0. The molecule has 0 aromatic rings. The van der Waals surface area contributed by atoms with E-state index in [9.17, 15) is 14.4 Å². The highest BCUT2D eigenvalue weighted by Crippen LogP contribution is 2.06. The van der Waals surface area contributed by atoms with Crippen LogP contribution in [0, 0.1) is 0 Å². The average molecular weight is 177 g/mol. The highest BCUT2D eigenvalue weighted by molar-refractivity contribution is 6.44. The molecule has 5 nitrogen and oxygen atoms in total. The fraction of sp³-hybridized carbons (Fsp3) is 0.400. The van der Waals surface area contributed by atoms with E-state index in [1.165, 1.54) is 7.05 Å². The van der Waals surface area contributed by atoms with Gasteiger partial charge in [0.2, 0.25) is 0 Å². The van der Waals surface area contributed by atoms with E-state index in [0.717, 1.165) is 4.90 Å². The van der Waals surface area contributed by atoms with E-state index in [4.69, 9.17) is 11.6 Å². The number of barbiturate groups is 1. The number of hydrogen-bond acceptors (Lipinski definition) is 3. The van der Waals surface area contributed by atoms with Crippen molar-refractivity contribution in [2.75, 3.05) is 7.05 Å². The monoisotopic (exact) mass is 176 g/mol. The Labute approximate surface area is 67.3 Å². The fourth-order valence-corrected chi connectivity index (χ4v) is 0.836. The van der Waals surface area contributed by atoms with E-state index in [1.54, 1.807) is 0 Å². The second kappa shape index (κ2) is 2.50. The molecule has 0 radical (unpaired) electrons. The minimum absolute atomic E-state index is 0.694. The number of halogens is 1. The summed E-state index contributed by atoms with van der Waals surface area (Å²) >= 11 is 5.32. The van der Waals surface area contributed by atoms with Crippen LogP contribution in [0.3, 0.4) is 0 Å². The molecular formula is C5H5ClN2O3. The van der Waals surface area contributed by atoms with Crippen LogP contribution in [0.4, 0.5) is 4.79 Å². The number of carbonyl (C=O) groups is 3. The van der Waals surface area contributed by atoms with Gasteiger partial charge in [-0.25, -0.2) is 4.79 Å². The van der Waals surface area contributed by atoms with E-state index in [1.807, 2.05) is 5.32 Å². The number of urea groups is 1. The van der Waals surface area contributed by atoms with Gasteiger partial charge < -0.3 is 0 Å². The van der Waals surface area contributed by atoms with Crippen molar-refractivity contribution in [3.8, 4) is 0 Å². The van der Waals surface area contributed by atoms with E-state index in [2.05, 4.69) is 0 Å². The summed E-state index contributed by atoms with van der Waals surface area (Å²) in [7, 11) is 1.25. The van der Waals surface area contributed by atoms with Crippen molar-refractivity contribution < 1.29 is 14.4 Å². The molecule has 60 valence electrons. The summed E-state index contributed by atoms with van der Waals surface area (Å²) in [4.78, 5) is 32.9. The molecule has 6 heteroatoms. The molecule has 1 rings (SSSR count). The number of hydrogen-bond donors (Lipinski definition) is 1. The number of carbonyl (C=O) groups excluding carboxylic acids is 3. The fourth-order valence-electron chi connectivity index (χ4n) is 0.635. The molecule has 0 saturated carbocycles. The molecule has 1 heterocycles. The molecule has 1 fully saturated rings. The molecule has 0 aliphatic carbocycles. The third kappa shape index (κ3) is 1.19. The first-order valence-corrected chi connectivity index (χ1v) is 3.24. The van der Waals surface area contributed by atoms with Crippen molar-refractivity contribution in [1.82, 2.24) is 10.2 Å². The Morgan fingerprint density at radius 2 is 2.00 bits per heavy atom. The maximum Gasteiger partial charge on any atom is 0.330 e. The predicted octanol–water partition coefficient (Wildman–Crippen LogP) is -0.698. The predicted molar refractivity (Wildman–Crippen MR) is 35.9 cm³/mol. The van der Waals surface area contributed by atoms with Gasteiger partial charge in [0.05, 0.1) is 0 Å². The largest absolute Gasteiger partial charge is 0.330 e. The van der Waals surface area contributed by atoms with Gasteiger partial charge in [-0.1, -0.05) is 0 Å². The molecule has 1 unspecified atom stereocenters. The van der Waals surface area contributed by atoms with Crippen LogP contribution < -0.4 is 5.32 Å². The third-order valence-electron chi connectivity index (χ3n) is 1.31. The van der Waals surface area contributed by atoms with E-state index in [-0.39, 0.29) is 0 Å². The Balaban J connectivity index is 2.87.